The molecular weight excluding hydrogens is 478 g/mol. The number of hydrogen-bond acceptors (Lipinski definition) is 7. The van der Waals surface area contributed by atoms with Crippen molar-refractivity contribution in [3.8, 4) is 17.3 Å². The van der Waals surface area contributed by atoms with Crippen molar-refractivity contribution in [2.75, 3.05) is 11.9 Å². The molecule has 1 amide bonds. The molecule has 2 aromatic heterocycles. The number of benzene rings is 2. The van der Waals surface area contributed by atoms with Crippen LogP contribution < -0.4 is 15.4 Å². The molecule has 198 valence electrons. The third-order valence-electron chi connectivity index (χ3n) is 6.22. The summed E-state index contributed by atoms with van der Waals surface area (Å²) in [7, 11) is 1.89. The van der Waals surface area contributed by atoms with Crippen molar-refractivity contribution in [1.82, 2.24) is 30.0 Å². The summed E-state index contributed by atoms with van der Waals surface area (Å²) in [6.07, 6.45) is 9.19. The average Bonchev–Trinajstić information content (AvgIpc) is 3.33. The first-order chi connectivity index (χ1) is 18.6. The third-order valence-corrected chi connectivity index (χ3v) is 6.22. The number of unbranched alkanes of at least 4 members (excludes halogenated alkanes) is 4. The number of aromatic nitrogens is 5. The second-order valence-corrected chi connectivity index (χ2v) is 9.12. The van der Waals surface area contributed by atoms with Crippen LogP contribution in [0.15, 0.2) is 67.1 Å². The van der Waals surface area contributed by atoms with E-state index in [0.29, 0.717) is 30.2 Å². The SMILES string of the molecule is CCCCCCCOc1cccc(CNC(=O)c2cccc(NCc3nnc(-c4ccncn4)n3C)c2)c1. The van der Waals surface area contributed by atoms with Crippen LogP contribution in [0, 0.1) is 0 Å². The molecule has 4 rings (SSSR count). The van der Waals surface area contributed by atoms with Gasteiger partial charge in [-0.15, -0.1) is 10.2 Å². The van der Waals surface area contributed by atoms with Crippen molar-refractivity contribution in [3.63, 3.8) is 0 Å². The molecule has 0 fully saturated rings. The Labute approximate surface area is 223 Å². The van der Waals surface area contributed by atoms with Gasteiger partial charge in [0.15, 0.2) is 11.6 Å². The predicted octanol–water partition coefficient (Wildman–Crippen LogP) is 5.16. The van der Waals surface area contributed by atoms with E-state index in [4.69, 9.17) is 4.74 Å². The van der Waals surface area contributed by atoms with Crippen LogP contribution in [-0.2, 0) is 20.1 Å². The lowest BCUT2D eigenvalue weighted by Gasteiger charge is -2.11. The minimum atomic E-state index is -0.138. The van der Waals surface area contributed by atoms with E-state index < -0.39 is 0 Å². The first-order valence-corrected chi connectivity index (χ1v) is 13.1. The zero-order valence-electron chi connectivity index (χ0n) is 22.1. The molecule has 0 saturated carbocycles. The number of nitrogens with one attached hydrogen (secondary N) is 2. The molecule has 0 bridgehead atoms. The van der Waals surface area contributed by atoms with E-state index in [1.54, 1.807) is 18.3 Å². The van der Waals surface area contributed by atoms with E-state index in [0.717, 1.165) is 35.9 Å². The van der Waals surface area contributed by atoms with Crippen molar-refractivity contribution >= 4 is 11.6 Å². The summed E-state index contributed by atoms with van der Waals surface area (Å²) < 4.78 is 7.78. The summed E-state index contributed by atoms with van der Waals surface area (Å²) in [6.45, 7) is 3.81. The number of hydrogen-bond donors (Lipinski definition) is 2. The van der Waals surface area contributed by atoms with Crippen molar-refractivity contribution in [2.45, 2.75) is 52.1 Å². The Morgan fingerprint density at radius 3 is 2.68 bits per heavy atom. The summed E-state index contributed by atoms with van der Waals surface area (Å²) in [5, 5.41) is 14.8. The smallest absolute Gasteiger partial charge is 0.251 e. The molecule has 2 N–H and O–H groups in total. The van der Waals surface area contributed by atoms with Crippen LogP contribution in [0.1, 0.15) is 60.8 Å². The first-order valence-electron chi connectivity index (χ1n) is 13.1. The second kappa shape index (κ2) is 13.9. The highest BCUT2D eigenvalue weighted by Crippen LogP contribution is 2.17. The molecule has 4 aromatic rings. The monoisotopic (exact) mass is 513 g/mol. The maximum Gasteiger partial charge on any atom is 0.251 e. The van der Waals surface area contributed by atoms with Crippen LogP contribution in [0.4, 0.5) is 5.69 Å². The molecule has 0 aliphatic heterocycles. The van der Waals surface area contributed by atoms with Gasteiger partial charge in [-0.3, -0.25) is 4.79 Å². The van der Waals surface area contributed by atoms with E-state index in [1.165, 1.54) is 32.0 Å². The van der Waals surface area contributed by atoms with Crippen molar-refractivity contribution in [2.24, 2.45) is 7.05 Å². The highest BCUT2D eigenvalue weighted by Gasteiger charge is 2.12. The Bertz CT molecular complexity index is 1310. The quantitative estimate of drug-likeness (QED) is 0.224. The topological polar surface area (TPSA) is 107 Å². The predicted molar refractivity (Wildman–Crippen MR) is 148 cm³/mol. The molecule has 0 atom stereocenters. The van der Waals surface area contributed by atoms with E-state index in [1.807, 2.05) is 54.1 Å². The summed E-state index contributed by atoms with van der Waals surface area (Å²) in [5.41, 5.74) is 3.10. The Balaban J connectivity index is 1.27. The van der Waals surface area contributed by atoms with Crippen LogP contribution >= 0.6 is 0 Å². The number of carbonyl (C=O) groups is 1. The van der Waals surface area contributed by atoms with Gasteiger partial charge in [-0.05, 0) is 48.4 Å². The number of ether oxygens (including phenoxy) is 1. The van der Waals surface area contributed by atoms with Gasteiger partial charge >= 0.3 is 0 Å². The fraction of sp³-hybridized carbons (Fsp3) is 0.345. The van der Waals surface area contributed by atoms with E-state index in [9.17, 15) is 4.79 Å². The third kappa shape index (κ3) is 7.61. The fourth-order valence-electron chi connectivity index (χ4n) is 4.04. The maximum atomic E-state index is 12.8. The minimum Gasteiger partial charge on any atom is -0.494 e. The molecule has 2 aromatic carbocycles. The first kappa shape index (κ1) is 26.8. The summed E-state index contributed by atoms with van der Waals surface area (Å²) in [4.78, 5) is 21.0. The number of anilines is 1. The lowest BCUT2D eigenvalue weighted by Crippen LogP contribution is -2.22. The fourth-order valence-corrected chi connectivity index (χ4v) is 4.04. The number of carbonyl (C=O) groups excluding carboxylic acids is 1. The van der Waals surface area contributed by atoms with E-state index >= 15 is 0 Å². The second-order valence-electron chi connectivity index (χ2n) is 9.12. The molecule has 0 aliphatic carbocycles. The lowest BCUT2D eigenvalue weighted by atomic mass is 10.1. The van der Waals surface area contributed by atoms with Gasteiger partial charge in [-0.1, -0.05) is 50.8 Å². The van der Waals surface area contributed by atoms with Gasteiger partial charge in [0.2, 0.25) is 0 Å². The molecule has 0 saturated heterocycles. The van der Waals surface area contributed by atoms with Gasteiger partial charge in [0.05, 0.1) is 13.2 Å². The largest absolute Gasteiger partial charge is 0.494 e. The average molecular weight is 514 g/mol. The standard InChI is InChI=1S/C29H35N7O2/c1-3-4-5-6-7-16-38-25-13-8-10-22(17-25)19-32-29(37)23-11-9-12-24(18-23)31-20-27-34-35-28(36(27)2)26-14-15-30-21-33-26/h8-15,17-18,21,31H,3-7,16,19-20H2,1-2H3,(H,32,37). The molecule has 0 radical (unpaired) electrons. The minimum absolute atomic E-state index is 0.138. The molecule has 0 spiro atoms. The van der Waals surface area contributed by atoms with Crippen LogP contribution in [0.2, 0.25) is 0 Å². The van der Waals surface area contributed by atoms with Gasteiger partial charge in [-0.25, -0.2) is 9.97 Å². The highest BCUT2D eigenvalue weighted by atomic mass is 16.5. The Morgan fingerprint density at radius 2 is 1.84 bits per heavy atom. The Morgan fingerprint density at radius 1 is 0.974 bits per heavy atom. The van der Waals surface area contributed by atoms with Crippen molar-refractivity contribution < 1.29 is 9.53 Å². The molecule has 0 aliphatic rings. The zero-order chi connectivity index (χ0) is 26.6. The van der Waals surface area contributed by atoms with E-state index in [2.05, 4.69) is 37.7 Å². The molecular formula is C29H35N7O2. The van der Waals surface area contributed by atoms with Crippen LogP contribution in [0.5, 0.6) is 5.75 Å². The van der Waals surface area contributed by atoms with Gasteiger partial charge < -0.3 is 19.9 Å². The zero-order valence-corrected chi connectivity index (χ0v) is 22.1. The molecule has 9 nitrogen and oxygen atoms in total. The molecule has 2 heterocycles. The number of rotatable bonds is 14. The summed E-state index contributed by atoms with van der Waals surface area (Å²) in [6, 6.07) is 17.1. The van der Waals surface area contributed by atoms with Crippen LogP contribution in [0.3, 0.4) is 0 Å². The van der Waals surface area contributed by atoms with Crippen LogP contribution in [-0.4, -0.2) is 37.2 Å². The molecule has 0 unspecified atom stereocenters. The van der Waals surface area contributed by atoms with Gasteiger partial charge in [0.25, 0.3) is 5.91 Å². The van der Waals surface area contributed by atoms with Gasteiger partial charge in [0.1, 0.15) is 17.8 Å². The normalized spacial score (nSPS) is 10.8. The molecule has 9 heteroatoms. The number of nitrogens with zero attached hydrogens (tertiary/aromatic N) is 5. The van der Waals surface area contributed by atoms with Gasteiger partial charge in [-0.2, -0.15) is 0 Å². The maximum absolute atomic E-state index is 12.8. The van der Waals surface area contributed by atoms with Crippen molar-refractivity contribution in [1.29, 1.82) is 0 Å². The van der Waals surface area contributed by atoms with Gasteiger partial charge in [0, 0.05) is 31.0 Å². The Hall–Kier alpha value is -4.27. The summed E-state index contributed by atoms with van der Waals surface area (Å²) >= 11 is 0. The van der Waals surface area contributed by atoms with E-state index in [-0.39, 0.29) is 5.91 Å². The Kier molecular flexibility index (Phi) is 9.78. The molecule has 38 heavy (non-hydrogen) atoms. The number of amides is 1. The lowest BCUT2D eigenvalue weighted by molar-refractivity contribution is 0.0951. The summed E-state index contributed by atoms with van der Waals surface area (Å²) in [5.74, 6) is 2.11. The highest BCUT2D eigenvalue weighted by molar-refractivity contribution is 5.95. The van der Waals surface area contributed by atoms with Crippen molar-refractivity contribution in [3.05, 3.63) is 84.1 Å². The van der Waals surface area contributed by atoms with Crippen LogP contribution in [0.25, 0.3) is 11.5 Å².